The van der Waals surface area contributed by atoms with Gasteiger partial charge in [-0.1, -0.05) is 30.3 Å². The number of ether oxygens (including phenoxy) is 1. The molecule has 1 unspecified atom stereocenters. The molecule has 5 nitrogen and oxygen atoms in total. The first-order valence-electron chi connectivity index (χ1n) is 7.93. The van der Waals surface area contributed by atoms with Gasteiger partial charge in [-0.25, -0.2) is 0 Å². The minimum Gasteiger partial charge on any atom is -0.507 e. The Hall–Kier alpha value is -2.44. The molecule has 2 aromatic rings. The summed E-state index contributed by atoms with van der Waals surface area (Å²) in [4.78, 5) is 27.6. The third-order valence-corrected chi connectivity index (χ3v) is 5.34. The molecule has 1 aromatic heterocycles. The minimum absolute atomic E-state index is 0.137. The van der Waals surface area contributed by atoms with E-state index in [9.17, 15) is 14.7 Å². The molecule has 1 aliphatic heterocycles. The summed E-state index contributed by atoms with van der Waals surface area (Å²) in [6, 6.07) is 10.2. The third kappa shape index (κ3) is 3.10. The maximum Gasteiger partial charge on any atom is 0.295 e. The number of methoxy groups -OCH3 is 1. The Bertz CT molecular complexity index is 825. The van der Waals surface area contributed by atoms with Crippen LogP contribution in [0.4, 0.5) is 0 Å². The van der Waals surface area contributed by atoms with Crippen molar-refractivity contribution in [2.75, 3.05) is 20.3 Å². The topological polar surface area (TPSA) is 66.8 Å². The normalized spacial score (nSPS) is 19.6. The summed E-state index contributed by atoms with van der Waals surface area (Å²) in [5.41, 5.74) is 1.64. The lowest BCUT2D eigenvalue weighted by Gasteiger charge is -2.24. The summed E-state index contributed by atoms with van der Waals surface area (Å²) in [5, 5.41) is 12.7. The number of amides is 1. The second kappa shape index (κ2) is 7.21. The van der Waals surface area contributed by atoms with Crippen LogP contribution in [-0.2, 0) is 14.3 Å². The highest BCUT2D eigenvalue weighted by atomic mass is 32.1. The number of aryl methyl sites for hydroxylation is 1. The zero-order chi connectivity index (χ0) is 18.0. The molecule has 25 heavy (non-hydrogen) atoms. The zero-order valence-electron chi connectivity index (χ0n) is 14.1. The number of carbonyl (C=O) groups excluding carboxylic acids is 2. The second-order valence-corrected chi connectivity index (χ2v) is 6.77. The molecule has 1 atom stereocenters. The van der Waals surface area contributed by atoms with E-state index in [0.29, 0.717) is 12.2 Å². The van der Waals surface area contributed by atoms with E-state index >= 15 is 0 Å². The number of nitrogens with zero attached hydrogens (tertiary/aromatic N) is 1. The van der Waals surface area contributed by atoms with E-state index in [1.165, 1.54) is 16.2 Å². The number of thiophene rings is 1. The van der Waals surface area contributed by atoms with Crippen molar-refractivity contribution < 1.29 is 19.4 Å². The van der Waals surface area contributed by atoms with Gasteiger partial charge in [-0.2, -0.15) is 0 Å². The van der Waals surface area contributed by atoms with Crippen LogP contribution < -0.4 is 0 Å². The van der Waals surface area contributed by atoms with E-state index in [0.717, 1.165) is 10.4 Å². The Morgan fingerprint density at radius 3 is 2.56 bits per heavy atom. The number of Topliss-reactive ketones (excluding diaryl/α,β-unsaturated/α-hetero) is 1. The Kier molecular flexibility index (Phi) is 5.01. The Labute approximate surface area is 150 Å². The van der Waals surface area contributed by atoms with Crippen molar-refractivity contribution in [3.05, 3.63) is 63.4 Å². The van der Waals surface area contributed by atoms with Crippen molar-refractivity contribution in [3.63, 3.8) is 0 Å². The van der Waals surface area contributed by atoms with Crippen molar-refractivity contribution in [1.29, 1.82) is 0 Å². The van der Waals surface area contributed by atoms with Crippen molar-refractivity contribution in [3.8, 4) is 0 Å². The van der Waals surface area contributed by atoms with Gasteiger partial charge in [0.05, 0.1) is 18.2 Å². The van der Waals surface area contributed by atoms with Crippen LogP contribution in [0, 0.1) is 6.92 Å². The van der Waals surface area contributed by atoms with Gasteiger partial charge < -0.3 is 14.7 Å². The van der Waals surface area contributed by atoms with Gasteiger partial charge in [-0.3, -0.25) is 9.59 Å². The second-order valence-electron chi connectivity index (χ2n) is 5.82. The Morgan fingerprint density at radius 2 is 1.96 bits per heavy atom. The predicted molar refractivity (Wildman–Crippen MR) is 96.4 cm³/mol. The third-order valence-electron chi connectivity index (χ3n) is 4.27. The van der Waals surface area contributed by atoms with Crippen LogP contribution in [0.15, 0.2) is 47.4 Å². The predicted octanol–water partition coefficient (Wildman–Crippen LogP) is 3.12. The van der Waals surface area contributed by atoms with Crippen molar-refractivity contribution >= 4 is 28.8 Å². The summed E-state index contributed by atoms with van der Waals surface area (Å²) < 4.78 is 5.08. The highest BCUT2D eigenvalue weighted by Gasteiger charge is 2.46. The summed E-state index contributed by atoms with van der Waals surface area (Å²) in [7, 11) is 1.55. The first kappa shape index (κ1) is 17.4. The lowest BCUT2D eigenvalue weighted by molar-refractivity contribution is -0.140. The zero-order valence-corrected chi connectivity index (χ0v) is 14.9. The molecule has 130 valence electrons. The van der Waals surface area contributed by atoms with Gasteiger partial charge in [0.1, 0.15) is 5.76 Å². The molecule has 0 radical (unpaired) electrons. The van der Waals surface area contributed by atoms with Crippen LogP contribution in [0.3, 0.4) is 0 Å². The number of hydrogen-bond donors (Lipinski definition) is 1. The van der Waals surface area contributed by atoms with Crippen LogP contribution in [0.1, 0.15) is 22.0 Å². The quantitative estimate of drug-likeness (QED) is 0.507. The molecular weight excluding hydrogens is 338 g/mol. The van der Waals surface area contributed by atoms with E-state index in [1.807, 2.05) is 24.4 Å². The number of ketones is 1. The molecule has 3 rings (SSSR count). The SMILES string of the molecule is COCCN1C(=O)C(=O)/C(=C(\O)c2ccccc2)C1c1sccc1C. The van der Waals surface area contributed by atoms with Gasteiger partial charge >= 0.3 is 0 Å². The van der Waals surface area contributed by atoms with E-state index < -0.39 is 17.7 Å². The minimum atomic E-state index is -0.657. The van der Waals surface area contributed by atoms with E-state index in [4.69, 9.17) is 4.74 Å². The summed E-state index contributed by atoms with van der Waals surface area (Å²) in [5.74, 6) is -1.40. The summed E-state index contributed by atoms with van der Waals surface area (Å²) >= 11 is 1.47. The molecule has 1 aromatic carbocycles. The Balaban J connectivity index is 2.16. The number of likely N-dealkylation sites (tertiary alicyclic amines) is 1. The molecule has 1 saturated heterocycles. The smallest absolute Gasteiger partial charge is 0.295 e. The molecule has 1 amide bonds. The van der Waals surface area contributed by atoms with Gasteiger partial charge in [0.15, 0.2) is 0 Å². The molecule has 0 spiro atoms. The van der Waals surface area contributed by atoms with Crippen LogP contribution in [0.2, 0.25) is 0 Å². The van der Waals surface area contributed by atoms with Crippen molar-refractivity contribution in [2.45, 2.75) is 13.0 Å². The van der Waals surface area contributed by atoms with E-state index in [2.05, 4.69) is 0 Å². The van der Waals surface area contributed by atoms with E-state index in [-0.39, 0.29) is 17.9 Å². The Morgan fingerprint density at radius 1 is 1.24 bits per heavy atom. The molecule has 1 fully saturated rings. The van der Waals surface area contributed by atoms with Crippen LogP contribution in [-0.4, -0.2) is 42.0 Å². The molecule has 0 saturated carbocycles. The molecule has 1 aliphatic rings. The van der Waals surface area contributed by atoms with Gasteiger partial charge in [0.2, 0.25) is 0 Å². The fourth-order valence-corrected chi connectivity index (χ4v) is 4.04. The molecule has 0 aliphatic carbocycles. The van der Waals surface area contributed by atoms with Crippen molar-refractivity contribution in [2.24, 2.45) is 0 Å². The fourth-order valence-electron chi connectivity index (χ4n) is 2.99. The van der Waals surface area contributed by atoms with Gasteiger partial charge in [0.25, 0.3) is 11.7 Å². The fraction of sp³-hybridized carbons (Fsp3) is 0.263. The summed E-state index contributed by atoms with van der Waals surface area (Å²) in [6.45, 7) is 2.54. The largest absolute Gasteiger partial charge is 0.507 e. The number of benzene rings is 1. The highest BCUT2D eigenvalue weighted by Crippen LogP contribution is 2.42. The average Bonchev–Trinajstić information content (AvgIpc) is 3.15. The van der Waals surface area contributed by atoms with E-state index in [1.54, 1.807) is 31.4 Å². The van der Waals surface area contributed by atoms with Crippen LogP contribution >= 0.6 is 11.3 Å². The molecule has 6 heteroatoms. The number of hydrogen-bond acceptors (Lipinski definition) is 5. The monoisotopic (exact) mass is 357 g/mol. The van der Waals surface area contributed by atoms with Crippen LogP contribution in [0.5, 0.6) is 0 Å². The maximum absolute atomic E-state index is 12.7. The highest BCUT2D eigenvalue weighted by molar-refractivity contribution is 7.10. The summed E-state index contributed by atoms with van der Waals surface area (Å²) in [6.07, 6.45) is 0. The number of aliphatic hydroxyl groups is 1. The van der Waals surface area contributed by atoms with Gasteiger partial charge in [-0.15, -0.1) is 11.3 Å². The van der Waals surface area contributed by atoms with Gasteiger partial charge in [-0.05, 0) is 23.9 Å². The van der Waals surface area contributed by atoms with Gasteiger partial charge in [0, 0.05) is 24.1 Å². The molecule has 0 bridgehead atoms. The lowest BCUT2D eigenvalue weighted by Crippen LogP contribution is -2.32. The number of aliphatic hydroxyl groups excluding tert-OH is 1. The average molecular weight is 357 g/mol. The molecular formula is C19H19NO4S. The van der Waals surface area contributed by atoms with Crippen LogP contribution in [0.25, 0.3) is 5.76 Å². The molecule has 2 heterocycles. The first-order valence-corrected chi connectivity index (χ1v) is 8.81. The number of carbonyl (C=O) groups is 2. The first-order chi connectivity index (χ1) is 12.1. The molecule has 1 N–H and O–H groups in total. The standard InChI is InChI=1S/C19H19NO4S/c1-12-8-11-25-18(12)15-14(16(21)13-6-4-3-5-7-13)17(22)19(23)20(15)9-10-24-2/h3-8,11,15,21H,9-10H2,1-2H3/b16-14-. The number of rotatable bonds is 5. The van der Waals surface area contributed by atoms with Crippen molar-refractivity contribution in [1.82, 2.24) is 4.90 Å². The maximum atomic E-state index is 12.7. The lowest BCUT2D eigenvalue weighted by atomic mass is 9.98.